The van der Waals surface area contributed by atoms with Gasteiger partial charge in [0.2, 0.25) is 15.9 Å². The number of primary sulfonamides is 1. The number of aromatic nitrogens is 1. The Hall–Kier alpha value is -2.97. The number of benzene rings is 1. The van der Waals surface area contributed by atoms with Gasteiger partial charge in [-0.2, -0.15) is 0 Å². The van der Waals surface area contributed by atoms with Crippen LogP contribution in [-0.2, 0) is 21.2 Å². The second kappa shape index (κ2) is 9.11. The summed E-state index contributed by atoms with van der Waals surface area (Å²) in [6, 6.07) is 9.64. The molecule has 4 rings (SSSR count). The van der Waals surface area contributed by atoms with Crippen LogP contribution in [0.3, 0.4) is 0 Å². The summed E-state index contributed by atoms with van der Waals surface area (Å²) < 4.78 is 27.2. The summed E-state index contributed by atoms with van der Waals surface area (Å²) in [5, 5.41) is 7.72. The number of nitrogens with one attached hydrogen (secondary N) is 2. The van der Waals surface area contributed by atoms with E-state index in [9.17, 15) is 22.8 Å². The van der Waals surface area contributed by atoms with Gasteiger partial charge in [-0.3, -0.25) is 14.3 Å². The quantitative estimate of drug-likeness (QED) is 0.343. The summed E-state index contributed by atoms with van der Waals surface area (Å²) in [5.41, 5.74) is 0.776. The van der Waals surface area contributed by atoms with Crippen molar-refractivity contribution in [1.82, 2.24) is 9.71 Å². The molecule has 0 fully saturated rings. The molecule has 0 radical (unpaired) electrons. The molecule has 4 amide bonds. The molecule has 0 bridgehead atoms. The zero-order valence-electron chi connectivity index (χ0n) is 16.4. The number of rotatable bonds is 5. The Labute approximate surface area is 201 Å². The molecule has 0 unspecified atom stereocenters. The fourth-order valence-corrected chi connectivity index (χ4v) is 5.39. The lowest BCUT2D eigenvalue weighted by Crippen LogP contribution is -2.43. The Morgan fingerprint density at radius 2 is 1.97 bits per heavy atom. The molecular formula is C19H14ClN5O5S3. The van der Waals surface area contributed by atoms with E-state index in [0.717, 1.165) is 27.1 Å². The second-order valence-corrected chi connectivity index (χ2v) is 11.1. The number of halogens is 1. The number of nitrogens with two attached hydrogens (primary N) is 1. The van der Waals surface area contributed by atoms with Crippen LogP contribution in [0.4, 0.5) is 16.3 Å². The number of carbonyl (C=O) groups excluding carboxylic acids is 3. The van der Waals surface area contributed by atoms with Crippen LogP contribution in [0.25, 0.3) is 0 Å². The zero-order valence-corrected chi connectivity index (χ0v) is 19.6. The number of thiophene rings is 1. The predicted octanol–water partition coefficient (Wildman–Crippen LogP) is 3.00. The summed E-state index contributed by atoms with van der Waals surface area (Å²) in [7, 11) is -4.02. The number of pyridine rings is 1. The van der Waals surface area contributed by atoms with Crippen LogP contribution in [0.5, 0.6) is 0 Å². The van der Waals surface area contributed by atoms with Gasteiger partial charge in [-0.1, -0.05) is 17.7 Å². The minimum absolute atomic E-state index is 0.0326. The van der Waals surface area contributed by atoms with Gasteiger partial charge < -0.3 is 5.32 Å². The first-order valence-corrected chi connectivity index (χ1v) is 12.7. The summed E-state index contributed by atoms with van der Waals surface area (Å²) in [5.74, 6) is -1.21. The number of sulfonamides is 1. The van der Waals surface area contributed by atoms with Crippen molar-refractivity contribution in [3.8, 4) is 0 Å². The number of hydrogen-bond donors (Lipinski definition) is 3. The SMILES string of the molecule is NS(=O)(=O)c1ccc2c(c1)C(=O)N(c1ccc(NC(=O)NSc3ccc(Cl)s3)cn1)C(=O)C2. The van der Waals surface area contributed by atoms with E-state index in [1.54, 1.807) is 12.1 Å². The van der Waals surface area contributed by atoms with Gasteiger partial charge in [-0.15, -0.1) is 11.3 Å². The van der Waals surface area contributed by atoms with Crippen LogP contribution in [0.1, 0.15) is 15.9 Å². The lowest BCUT2D eigenvalue weighted by molar-refractivity contribution is -0.117. The Balaban J connectivity index is 1.47. The normalized spacial score (nSPS) is 13.6. The summed E-state index contributed by atoms with van der Waals surface area (Å²) >= 11 is 8.25. The predicted molar refractivity (Wildman–Crippen MR) is 125 cm³/mol. The van der Waals surface area contributed by atoms with E-state index in [1.807, 2.05) is 0 Å². The average molecular weight is 524 g/mol. The van der Waals surface area contributed by atoms with Crippen LogP contribution >= 0.6 is 34.9 Å². The molecule has 1 aliphatic heterocycles. The van der Waals surface area contributed by atoms with Crippen LogP contribution < -0.4 is 20.1 Å². The summed E-state index contributed by atoms with van der Waals surface area (Å²) in [6.07, 6.45) is 1.18. The minimum atomic E-state index is -4.02. The maximum absolute atomic E-state index is 12.9. The Morgan fingerprint density at radius 3 is 2.61 bits per heavy atom. The third-order valence-electron chi connectivity index (χ3n) is 4.46. The van der Waals surface area contributed by atoms with E-state index in [-0.39, 0.29) is 22.7 Å². The minimum Gasteiger partial charge on any atom is -0.306 e. The third kappa shape index (κ3) is 5.17. The first kappa shape index (κ1) is 23.2. The maximum atomic E-state index is 12.9. The van der Waals surface area contributed by atoms with Crippen LogP contribution in [-0.4, -0.2) is 31.2 Å². The molecule has 0 saturated heterocycles. The average Bonchev–Trinajstić information content (AvgIpc) is 3.18. The molecule has 0 spiro atoms. The highest BCUT2D eigenvalue weighted by atomic mass is 35.5. The van der Waals surface area contributed by atoms with Crippen LogP contribution in [0, 0.1) is 0 Å². The molecule has 3 heterocycles. The van der Waals surface area contributed by atoms with Gasteiger partial charge >= 0.3 is 6.03 Å². The number of carbonyl (C=O) groups is 3. The van der Waals surface area contributed by atoms with Gasteiger partial charge in [0.15, 0.2) is 0 Å². The van der Waals surface area contributed by atoms with Crippen molar-refractivity contribution in [2.45, 2.75) is 15.5 Å². The number of hydrogen-bond acceptors (Lipinski definition) is 8. The molecule has 0 aliphatic carbocycles. The van der Waals surface area contributed by atoms with E-state index in [2.05, 4.69) is 15.0 Å². The monoisotopic (exact) mass is 523 g/mol. The third-order valence-corrected chi connectivity index (χ3v) is 7.52. The molecule has 1 aromatic carbocycles. The molecule has 10 nitrogen and oxygen atoms in total. The smallest absolute Gasteiger partial charge is 0.306 e. The highest BCUT2D eigenvalue weighted by molar-refractivity contribution is 7.99. The summed E-state index contributed by atoms with van der Waals surface area (Å²) in [4.78, 5) is 42.3. The molecule has 0 atom stereocenters. The number of nitrogens with zero attached hydrogens (tertiary/aromatic N) is 2. The van der Waals surface area contributed by atoms with Crippen molar-refractivity contribution in [3.63, 3.8) is 0 Å². The maximum Gasteiger partial charge on any atom is 0.329 e. The van der Waals surface area contributed by atoms with Crippen molar-refractivity contribution < 1.29 is 22.8 Å². The molecule has 0 saturated carbocycles. The van der Waals surface area contributed by atoms with Gasteiger partial charge in [0, 0.05) is 5.56 Å². The van der Waals surface area contributed by atoms with Gasteiger partial charge in [-0.05, 0) is 53.9 Å². The Bertz CT molecular complexity index is 1370. The first-order chi connectivity index (χ1) is 15.6. The van der Waals surface area contributed by atoms with Crippen molar-refractivity contribution in [1.29, 1.82) is 0 Å². The molecule has 2 aromatic heterocycles. The number of amides is 4. The van der Waals surface area contributed by atoms with E-state index in [1.165, 1.54) is 41.8 Å². The molecule has 170 valence electrons. The Morgan fingerprint density at radius 1 is 1.18 bits per heavy atom. The second-order valence-electron chi connectivity index (χ2n) is 6.70. The molecule has 33 heavy (non-hydrogen) atoms. The fraction of sp³-hybridized carbons (Fsp3) is 0.0526. The molecule has 1 aliphatic rings. The standard InChI is InChI=1S/C19H14ClN5O5S3/c20-14-4-6-17(31-14)32-24-19(28)23-11-2-5-15(22-9-11)25-16(26)7-10-1-3-12(33(21,29)30)8-13(10)18(25)27/h1-6,8-9H,7H2,(H2,21,29,30)(H2,23,24,28). The van der Waals surface area contributed by atoms with E-state index >= 15 is 0 Å². The molecule has 14 heteroatoms. The number of anilines is 2. The van der Waals surface area contributed by atoms with Crippen molar-refractivity contribution in [3.05, 3.63) is 64.1 Å². The lowest BCUT2D eigenvalue weighted by Gasteiger charge is -2.26. The number of imide groups is 1. The van der Waals surface area contributed by atoms with Crippen LogP contribution in [0.15, 0.2) is 57.8 Å². The van der Waals surface area contributed by atoms with Crippen molar-refractivity contribution >= 4 is 74.3 Å². The van der Waals surface area contributed by atoms with Gasteiger partial charge in [0.05, 0.1) is 31.7 Å². The molecular weight excluding hydrogens is 510 g/mol. The lowest BCUT2D eigenvalue weighted by atomic mass is 9.98. The summed E-state index contributed by atoms with van der Waals surface area (Å²) in [6.45, 7) is 0. The highest BCUT2D eigenvalue weighted by Crippen LogP contribution is 2.29. The van der Waals surface area contributed by atoms with E-state index in [0.29, 0.717) is 15.6 Å². The number of fused-ring (bicyclic) bond motifs is 1. The van der Waals surface area contributed by atoms with Crippen molar-refractivity contribution in [2.75, 3.05) is 10.2 Å². The highest BCUT2D eigenvalue weighted by Gasteiger charge is 2.33. The zero-order chi connectivity index (χ0) is 23.8. The Kier molecular flexibility index (Phi) is 6.41. The van der Waals surface area contributed by atoms with E-state index < -0.39 is 27.9 Å². The molecule has 3 aromatic rings. The number of urea groups is 1. The van der Waals surface area contributed by atoms with Crippen molar-refractivity contribution in [2.24, 2.45) is 5.14 Å². The fourth-order valence-electron chi connectivity index (χ4n) is 2.99. The largest absolute Gasteiger partial charge is 0.329 e. The van der Waals surface area contributed by atoms with Gasteiger partial charge in [0.25, 0.3) is 5.91 Å². The molecule has 4 N–H and O–H groups in total. The van der Waals surface area contributed by atoms with Crippen LogP contribution in [0.2, 0.25) is 4.34 Å². The van der Waals surface area contributed by atoms with Gasteiger partial charge in [0.1, 0.15) is 5.82 Å². The topological polar surface area (TPSA) is 152 Å². The first-order valence-electron chi connectivity index (χ1n) is 9.10. The van der Waals surface area contributed by atoms with Gasteiger partial charge in [-0.25, -0.2) is 28.2 Å². The van der Waals surface area contributed by atoms with E-state index in [4.69, 9.17) is 16.7 Å².